The Morgan fingerprint density at radius 2 is 2.12 bits per heavy atom. The molecule has 0 spiro atoms. The maximum absolute atomic E-state index is 6.08. The summed E-state index contributed by atoms with van der Waals surface area (Å²) in [6.07, 6.45) is 6.64. The third-order valence-corrected chi connectivity index (χ3v) is 4.45. The van der Waals surface area contributed by atoms with Crippen LogP contribution in [-0.4, -0.2) is 10.9 Å². The van der Waals surface area contributed by atoms with E-state index in [4.69, 9.17) is 10.2 Å². The molecule has 0 saturated carbocycles. The van der Waals surface area contributed by atoms with Crippen LogP contribution in [0.5, 0.6) is 0 Å². The molecule has 25 heavy (non-hydrogen) atoms. The highest BCUT2D eigenvalue weighted by Gasteiger charge is 2.13. The third-order valence-electron chi connectivity index (χ3n) is 4.45. The molecule has 5 nitrogen and oxygen atoms in total. The van der Waals surface area contributed by atoms with Crippen molar-refractivity contribution < 1.29 is 4.42 Å². The normalized spacial score (nSPS) is 13.9. The van der Waals surface area contributed by atoms with Crippen LogP contribution >= 0.6 is 24.0 Å². The minimum absolute atomic E-state index is 0. The maximum Gasteiger partial charge on any atom is 0.194 e. The van der Waals surface area contributed by atoms with Crippen LogP contribution < -0.4 is 11.1 Å². The van der Waals surface area contributed by atoms with Crippen molar-refractivity contribution in [2.45, 2.75) is 58.9 Å². The van der Waals surface area contributed by atoms with Crippen molar-refractivity contribution >= 4 is 35.6 Å². The molecule has 0 unspecified atom stereocenters. The van der Waals surface area contributed by atoms with Gasteiger partial charge in [0.1, 0.15) is 12.3 Å². The molecule has 2 aromatic rings. The van der Waals surface area contributed by atoms with Gasteiger partial charge in [-0.05, 0) is 56.2 Å². The number of hydrogen-bond acceptors (Lipinski definition) is 3. The lowest BCUT2D eigenvalue weighted by Gasteiger charge is -2.19. The monoisotopic (exact) mass is 454 g/mol. The van der Waals surface area contributed by atoms with Crippen molar-refractivity contribution in [2.24, 2.45) is 10.7 Å². The fourth-order valence-corrected chi connectivity index (χ4v) is 3.19. The number of anilines is 1. The molecule has 3 N–H and O–H groups in total. The van der Waals surface area contributed by atoms with E-state index in [1.165, 1.54) is 24.0 Å². The summed E-state index contributed by atoms with van der Waals surface area (Å²) < 4.78 is 5.74. The van der Waals surface area contributed by atoms with Gasteiger partial charge < -0.3 is 15.5 Å². The number of hydrogen-bond donors (Lipinski definition) is 2. The van der Waals surface area contributed by atoms with Gasteiger partial charge >= 0.3 is 0 Å². The van der Waals surface area contributed by atoms with E-state index in [-0.39, 0.29) is 24.0 Å². The summed E-state index contributed by atoms with van der Waals surface area (Å²) >= 11 is 0. The topological polar surface area (TPSA) is 76.4 Å². The smallest absolute Gasteiger partial charge is 0.194 e. The van der Waals surface area contributed by atoms with Crippen LogP contribution in [0.15, 0.2) is 27.6 Å². The lowest BCUT2D eigenvalue weighted by Crippen LogP contribution is -2.24. The second-order valence-electron chi connectivity index (χ2n) is 6.34. The van der Waals surface area contributed by atoms with E-state index in [1.807, 2.05) is 6.92 Å². The first-order chi connectivity index (χ1) is 11.7. The zero-order valence-electron chi connectivity index (χ0n) is 15.0. The van der Waals surface area contributed by atoms with Crippen molar-refractivity contribution in [1.29, 1.82) is 0 Å². The molecular weight excluding hydrogens is 427 g/mol. The van der Waals surface area contributed by atoms with E-state index in [0.717, 1.165) is 48.7 Å². The zero-order valence-corrected chi connectivity index (χ0v) is 17.3. The Hall–Kier alpha value is -1.57. The van der Waals surface area contributed by atoms with E-state index >= 15 is 0 Å². The zero-order chi connectivity index (χ0) is 16.9. The highest BCUT2D eigenvalue weighted by atomic mass is 127. The van der Waals surface area contributed by atoms with Crippen LogP contribution in [0.3, 0.4) is 0 Å². The van der Waals surface area contributed by atoms with Crippen LogP contribution in [0.2, 0.25) is 0 Å². The average Bonchev–Trinajstić information content (AvgIpc) is 2.93. The fourth-order valence-electron chi connectivity index (χ4n) is 3.19. The summed E-state index contributed by atoms with van der Waals surface area (Å²) in [5.74, 6) is 1.99. The molecule has 136 valence electrons. The van der Waals surface area contributed by atoms with Crippen LogP contribution in [0.1, 0.15) is 54.7 Å². The van der Waals surface area contributed by atoms with Crippen molar-refractivity contribution in [3.8, 4) is 0 Å². The molecule has 1 aromatic carbocycles. The van der Waals surface area contributed by atoms with Gasteiger partial charge in [0.15, 0.2) is 11.9 Å². The number of halogens is 1. The van der Waals surface area contributed by atoms with Crippen molar-refractivity contribution in [3.63, 3.8) is 0 Å². The van der Waals surface area contributed by atoms with E-state index in [0.29, 0.717) is 12.5 Å². The van der Waals surface area contributed by atoms with Crippen LogP contribution in [-0.2, 0) is 25.8 Å². The minimum Gasteiger partial charge on any atom is -0.443 e. The SMILES string of the molecule is CCCc1nc(C)c(CN=C(N)Nc2cccc3c2CCCC3)o1.I. The average molecular weight is 454 g/mol. The van der Waals surface area contributed by atoms with Gasteiger partial charge in [0, 0.05) is 12.1 Å². The summed E-state index contributed by atoms with van der Waals surface area (Å²) in [4.78, 5) is 8.85. The Labute approximate surface area is 166 Å². The van der Waals surface area contributed by atoms with E-state index in [1.54, 1.807) is 0 Å². The molecule has 0 amide bonds. The van der Waals surface area contributed by atoms with Crippen LogP contribution in [0.4, 0.5) is 5.69 Å². The summed E-state index contributed by atoms with van der Waals surface area (Å²) in [5.41, 5.74) is 10.9. The predicted molar refractivity (Wildman–Crippen MR) is 113 cm³/mol. The summed E-state index contributed by atoms with van der Waals surface area (Å²) in [6, 6.07) is 6.36. The number of nitrogens with zero attached hydrogens (tertiary/aromatic N) is 2. The molecule has 1 aliphatic rings. The number of nitrogens with two attached hydrogens (primary N) is 1. The molecule has 0 bridgehead atoms. The Balaban J connectivity index is 0.00000225. The first-order valence-electron chi connectivity index (χ1n) is 8.80. The highest BCUT2D eigenvalue weighted by molar-refractivity contribution is 14.0. The standard InChI is InChI=1S/C19H26N4O.HI/c1-3-7-18-22-13(2)17(24-18)12-21-19(20)23-16-11-6-9-14-8-4-5-10-15(14)16;/h6,9,11H,3-5,7-8,10,12H2,1-2H3,(H3,20,21,23);1H. The molecule has 0 saturated heterocycles. The maximum atomic E-state index is 6.08. The van der Waals surface area contributed by atoms with Gasteiger partial charge in [-0.2, -0.15) is 0 Å². The largest absolute Gasteiger partial charge is 0.443 e. The predicted octanol–water partition coefficient (Wildman–Crippen LogP) is 4.36. The van der Waals surface area contributed by atoms with Crippen LogP contribution in [0, 0.1) is 6.92 Å². The Kier molecular flexibility index (Phi) is 7.28. The number of guanidine groups is 1. The molecule has 1 heterocycles. The number of oxazole rings is 1. The van der Waals surface area contributed by atoms with Gasteiger partial charge in [0.05, 0.1) is 5.69 Å². The van der Waals surface area contributed by atoms with E-state index in [2.05, 4.69) is 40.4 Å². The number of aliphatic imine (C=N–C) groups is 1. The van der Waals surface area contributed by atoms with Gasteiger partial charge in [-0.25, -0.2) is 9.98 Å². The Morgan fingerprint density at radius 1 is 1.32 bits per heavy atom. The fraction of sp³-hybridized carbons (Fsp3) is 0.474. The van der Waals surface area contributed by atoms with Crippen LogP contribution in [0.25, 0.3) is 0 Å². The molecule has 6 heteroatoms. The Bertz CT molecular complexity index is 739. The van der Waals surface area contributed by atoms with Crippen molar-refractivity contribution in [2.75, 3.05) is 5.32 Å². The molecule has 3 rings (SSSR count). The lowest BCUT2D eigenvalue weighted by atomic mass is 9.90. The van der Waals surface area contributed by atoms with Gasteiger partial charge in [-0.3, -0.25) is 0 Å². The summed E-state index contributed by atoms with van der Waals surface area (Å²) in [7, 11) is 0. The Morgan fingerprint density at radius 3 is 2.92 bits per heavy atom. The molecule has 0 aliphatic heterocycles. The second kappa shape index (κ2) is 9.22. The summed E-state index contributed by atoms with van der Waals surface area (Å²) in [6.45, 7) is 4.47. The molecule has 0 atom stereocenters. The van der Waals surface area contributed by atoms with E-state index < -0.39 is 0 Å². The number of fused-ring (bicyclic) bond motifs is 1. The molecule has 0 fully saturated rings. The molecule has 1 aromatic heterocycles. The summed E-state index contributed by atoms with van der Waals surface area (Å²) in [5, 5.41) is 3.26. The lowest BCUT2D eigenvalue weighted by molar-refractivity contribution is 0.453. The quantitative estimate of drug-likeness (QED) is 0.400. The minimum atomic E-state index is 0. The third kappa shape index (κ3) is 4.96. The number of benzene rings is 1. The number of rotatable bonds is 5. The van der Waals surface area contributed by atoms with Gasteiger partial charge in [0.2, 0.25) is 0 Å². The van der Waals surface area contributed by atoms with E-state index in [9.17, 15) is 0 Å². The number of nitrogens with one attached hydrogen (secondary N) is 1. The van der Waals surface area contributed by atoms with Crippen molar-refractivity contribution in [1.82, 2.24) is 4.98 Å². The first kappa shape index (κ1) is 19.8. The van der Waals surface area contributed by atoms with Gasteiger partial charge in [-0.15, -0.1) is 24.0 Å². The van der Waals surface area contributed by atoms with Crippen molar-refractivity contribution in [3.05, 3.63) is 46.7 Å². The number of aryl methyl sites for hydroxylation is 3. The second-order valence-corrected chi connectivity index (χ2v) is 6.34. The highest BCUT2D eigenvalue weighted by Crippen LogP contribution is 2.27. The number of aromatic nitrogens is 1. The first-order valence-corrected chi connectivity index (χ1v) is 8.80. The van der Waals surface area contributed by atoms with Gasteiger partial charge in [0.25, 0.3) is 0 Å². The molecule has 1 aliphatic carbocycles. The molecular formula is C19H27IN4O. The molecule has 0 radical (unpaired) electrons. The van der Waals surface area contributed by atoms with Gasteiger partial charge in [-0.1, -0.05) is 19.1 Å².